The van der Waals surface area contributed by atoms with Gasteiger partial charge in [0, 0.05) is 30.0 Å². The average Bonchev–Trinajstić information content (AvgIpc) is 2.74. The normalized spacial score (nSPS) is 16.8. The van der Waals surface area contributed by atoms with Gasteiger partial charge in [0.05, 0.1) is 6.61 Å². The molecule has 0 spiro atoms. The van der Waals surface area contributed by atoms with E-state index in [0.29, 0.717) is 13.2 Å². The summed E-state index contributed by atoms with van der Waals surface area (Å²) in [5.74, 6) is 1.78. The van der Waals surface area contributed by atoms with Gasteiger partial charge in [-0.1, -0.05) is 13.8 Å². The van der Waals surface area contributed by atoms with Crippen LogP contribution in [0.2, 0.25) is 0 Å². The summed E-state index contributed by atoms with van der Waals surface area (Å²) in [7, 11) is 0. The van der Waals surface area contributed by atoms with E-state index in [-0.39, 0.29) is 17.9 Å². The lowest BCUT2D eigenvalue weighted by atomic mass is 10.1. The fourth-order valence-corrected chi connectivity index (χ4v) is 2.30. The van der Waals surface area contributed by atoms with E-state index in [9.17, 15) is 4.79 Å². The van der Waals surface area contributed by atoms with E-state index in [4.69, 9.17) is 9.47 Å². The monoisotopic (exact) mass is 277 g/mol. The summed E-state index contributed by atoms with van der Waals surface area (Å²) in [4.78, 5) is 11.7. The number of amides is 1. The van der Waals surface area contributed by atoms with E-state index < -0.39 is 0 Å². The van der Waals surface area contributed by atoms with Crippen molar-refractivity contribution < 1.29 is 14.3 Å². The molecule has 0 saturated carbocycles. The number of ether oxygens (including phenoxy) is 2. The Morgan fingerprint density at radius 2 is 2.25 bits per heavy atom. The molecule has 1 N–H and O–H groups in total. The van der Waals surface area contributed by atoms with Crippen molar-refractivity contribution in [2.75, 3.05) is 6.61 Å². The summed E-state index contributed by atoms with van der Waals surface area (Å²) in [6.45, 7) is 8.86. The Morgan fingerprint density at radius 3 is 2.90 bits per heavy atom. The summed E-state index contributed by atoms with van der Waals surface area (Å²) in [5, 5.41) is 2.93. The molecule has 1 unspecified atom stereocenters. The van der Waals surface area contributed by atoms with Crippen LogP contribution in [-0.2, 0) is 17.8 Å². The maximum absolute atomic E-state index is 11.7. The van der Waals surface area contributed by atoms with Gasteiger partial charge in [-0.3, -0.25) is 4.79 Å². The van der Waals surface area contributed by atoms with Gasteiger partial charge in [-0.05, 0) is 26.0 Å². The van der Waals surface area contributed by atoms with Crippen molar-refractivity contribution in [1.29, 1.82) is 0 Å². The molecule has 110 valence electrons. The largest absolute Gasteiger partial charge is 0.494 e. The van der Waals surface area contributed by atoms with E-state index in [2.05, 4.69) is 12.2 Å². The van der Waals surface area contributed by atoms with Gasteiger partial charge in [0.2, 0.25) is 5.91 Å². The van der Waals surface area contributed by atoms with Crippen LogP contribution in [0.15, 0.2) is 12.1 Å². The first-order valence-corrected chi connectivity index (χ1v) is 7.24. The maximum Gasteiger partial charge on any atom is 0.222 e. The van der Waals surface area contributed by atoms with Gasteiger partial charge in [-0.15, -0.1) is 0 Å². The molecule has 1 heterocycles. The second kappa shape index (κ2) is 6.16. The van der Waals surface area contributed by atoms with Crippen molar-refractivity contribution in [1.82, 2.24) is 5.32 Å². The Morgan fingerprint density at radius 1 is 1.50 bits per heavy atom. The Labute approximate surface area is 120 Å². The zero-order valence-corrected chi connectivity index (χ0v) is 12.7. The molecule has 0 fully saturated rings. The van der Waals surface area contributed by atoms with Crippen molar-refractivity contribution in [3.05, 3.63) is 23.3 Å². The van der Waals surface area contributed by atoms with Gasteiger partial charge in [0.1, 0.15) is 17.6 Å². The smallest absolute Gasteiger partial charge is 0.222 e. The number of carbonyl (C=O) groups excluding carboxylic acids is 1. The summed E-state index contributed by atoms with van der Waals surface area (Å²) in [6.07, 6.45) is 1.12. The standard InChI is InChI=1S/C16H23NO3/c1-5-19-14-7-12-6-11(4)20-15(12)8-13(14)9-17-16(18)10(2)3/h7-8,10-11H,5-6,9H2,1-4H3,(H,17,18). The van der Waals surface area contributed by atoms with Crippen molar-refractivity contribution in [3.8, 4) is 11.5 Å². The van der Waals surface area contributed by atoms with Gasteiger partial charge in [0.15, 0.2) is 0 Å². The molecule has 4 heteroatoms. The van der Waals surface area contributed by atoms with E-state index in [1.54, 1.807) is 0 Å². The zero-order chi connectivity index (χ0) is 14.7. The van der Waals surface area contributed by atoms with Crippen molar-refractivity contribution in [3.63, 3.8) is 0 Å². The van der Waals surface area contributed by atoms with Crippen LogP contribution in [0.4, 0.5) is 0 Å². The minimum atomic E-state index is -0.0174. The number of benzene rings is 1. The average molecular weight is 277 g/mol. The van der Waals surface area contributed by atoms with E-state index in [1.165, 1.54) is 5.56 Å². The van der Waals surface area contributed by atoms with Crippen molar-refractivity contribution in [2.45, 2.75) is 46.8 Å². The number of nitrogens with one attached hydrogen (secondary N) is 1. The number of hydrogen-bond donors (Lipinski definition) is 1. The van der Waals surface area contributed by atoms with Gasteiger partial charge < -0.3 is 14.8 Å². The third-order valence-corrected chi connectivity index (χ3v) is 3.36. The van der Waals surface area contributed by atoms with Crippen LogP contribution in [0.3, 0.4) is 0 Å². The fourth-order valence-electron chi connectivity index (χ4n) is 2.30. The molecule has 0 aromatic heterocycles. The molecule has 2 rings (SSSR count). The van der Waals surface area contributed by atoms with Gasteiger partial charge in [-0.2, -0.15) is 0 Å². The molecular weight excluding hydrogens is 254 g/mol. The zero-order valence-electron chi connectivity index (χ0n) is 12.7. The van der Waals surface area contributed by atoms with Crippen molar-refractivity contribution >= 4 is 5.91 Å². The molecule has 1 amide bonds. The lowest BCUT2D eigenvalue weighted by Gasteiger charge is -2.14. The van der Waals surface area contributed by atoms with Crippen LogP contribution in [0, 0.1) is 5.92 Å². The van der Waals surface area contributed by atoms with Gasteiger partial charge in [0.25, 0.3) is 0 Å². The highest BCUT2D eigenvalue weighted by atomic mass is 16.5. The Kier molecular flexibility index (Phi) is 4.53. The van der Waals surface area contributed by atoms with Gasteiger partial charge >= 0.3 is 0 Å². The quantitative estimate of drug-likeness (QED) is 0.900. The van der Waals surface area contributed by atoms with Crippen molar-refractivity contribution in [2.24, 2.45) is 5.92 Å². The molecule has 20 heavy (non-hydrogen) atoms. The maximum atomic E-state index is 11.7. The van der Waals surface area contributed by atoms with Gasteiger partial charge in [-0.25, -0.2) is 0 Å². The topological polar surface area (TPSA) is 47.6 Å². The highest BCUT2D eigenvalue weighted by Crippen LogP contribution is 2.35. The number of carbonyl (C=O) groups is 1. The summed E-state index contributed by atoms with van der Waals surface area (Å²) >= 11 is 0. The highest BCUT2D eigenvalue weighted by molar-refractivity contribution is 5.77. The number of rotatable bonds is 5. The fraction of sp³-hybridized carbons (Fsp3) is 0.562. The Bertz CT molecular complexity index is 497. The SMILES string of the molecule is CCOc1cc2c(cc1CNC(=O)C(C)C)OC(C)C2. The lowest BCUT2D eigenvalue weighted by molar-refractivity contribution is -0.124. The molecule has 4 nitrogen and oxygen atoms in total. The second-order valence-electron chi connectivity index (χ2n) is 5.51. The van der Waals surface area contributed by atoms with Crippen LogP contribution < -0.4 is 14.8 Å². The molecule has 0 radical (unpaired) electrons. The predicted molar refractivity (Wildman–Crippen MR) is 78.1 cm³/mol. The molecule has 1 atom stereocenters. The lowest BCUT2D eigenvalue weighted by Crippen LogP contribution is -2.27. The summed E-state index contributed by atoms with van der Waals surface area (Å²) in [6, 6.07) is 4.03. The first kappa shape index (κ1) is 14.7. The third kappa shape index (κ3) is 3.24. The molecule has 0 aliphatic carbocycles. The van der Waals surface area contributed by atoms with Crippen LogP contribution in [0.25, 0.3) is 0 Å². The molecule has 0 saturated heterocycles. The summed E-state index contributed by atoms with van der Waals surface area (Å²) < 4.78 is 11.5. The van der Waals surface area contributed by atoms with Crippen LogP contribution in [0.5, 0.6) is 11.5 Å². The Balaban J connectivity index is 2.18. The highest BCUT2D eigenvalue weighted by Gasteiger charge is 2.22. The first-order valence-electron chi connectivity index (χ1n) is 7.24. The molecular formula is C16H23NO3. The second-order valence-corrected chi connectivity index (χ2v) is 5.51. The minimum Gasteiger partial charge on any atom is -0.494 e. The van der Waals surface area contributed by atoms with Crippen LogP contribution in [0.1, 0.15) is 38.8 Å². The molecule has 1 aliphatic heterocycles. The molecule has 1 aliphatic rings. The van der Waals surface area contributed by atoms with E-state index in [1.807, 2.05) is 32.9 Å². The van der Waals surface area contributed by atoms with Crippen LogP contribution in [-0.4, -0.2) is 18.6 Å². The molecule has 0 bridgehead atoms. The van der Waals surface area contributed by atoms with E-state index >= 15 is 0 Å². The van der Waals surface area contributed by atoms with E-state index in [0.717, 1.165) is 23.5 Å². The van der Waals surface area contributed by atoms with Crippen LogP contribution >= 0.6 is 0 Å². The molecule has 1 aromatic rings. The number of hydrogen-bond acceptors (Lipinski definition) is 3. The third-order valence-electron chi connectivity index (χ3n) is 3.36. The predicted octanol–water partition coefficient (Wildman–Crippen LogP) is 2.68. The molecule has 1 aromatic carbocycles. The minimum absolute atomic E-state index is 0.0174. The number of fused-ring (bicyclic) bond motifs is 1. The summed E-state index contributed by atoms with van der Waals surface area (Å²) in [5.41, 5.74) is 2.15. The first-order chi connectivity index (χ1) is 9.51. The Hall–Kier alpha value is -1.71.